The minimum Gasteiger partial charge on any atom is -0.481 e. The minimum atomic E-state index is -1.41. The Labute approximate surface area is 203 Å². The molecule has 9 nitrogen and oxygen atoms in total. The average Bonchev–Trinajstić information content (AvgIpc) is 3.21. The summed E-state index contributed by atoms with van der Waals surface area (Å²) < 4.78 is 0. The SMILES string of the molecule is O=C(O)CC(NC(=O)[C@@H](S)CC1CCCCC1)C(=O)N[C@@H](Cc1c[nH]c2ccccc12)C(=O)O. The van der Waals surface area contributed by atoms with Crippen molar-refractivity contribution in [3.63, 3.8) is 0 Å². The fraction of sp³-hybridized carbons (Fsp3) is 0.500. The molecule has 1 unspecified atom stereocenters. The largest absolute Gasteiger partial charge is 0.481 e. The summed E-state index contributed by atoms with van der Waals surface area (Å²) in [6.07, 6.45) is 7.03. The maximum absolute atomic E-state index is 12.8. The molecule has 3 rings (SSSR count). The Morgan fingerprint density at radius 3 is 2.35 bits per heavy atom. The van der Waals surface area contributed by atoms with E-state index in [0.29, 0.717) is 17.9 Å². The maximum atomic E-state index is 12.8. The molecule has 2 aromatic rings. The average molecular weight is 490 g/mol. The number of aromatic amines is 1. The number of fused-ring (bicyclic) bond motifs is 1. The molecule has 0 saturated heterocycles. The number of aliphatic carboxylic acids is 2. The molecule has 1 saturated carbocycles. The second-order valence-corrected chi connectivity index (χ2v) is 9.50. The minimum absolute atomic E-state index is 0.00427. The van der Waals surface area contributed by atoms with Gasteiger partial charge in [0.1, 0.15) is 12.1 Å². The molecule has 0 aliphatic heterocycles. The van der Waals surface area contributed by atoms with Gasteiger partial charge in [-0.3, -0.25) is 14.4 Å². The highest BCUT2D eigenvalue weighted by Gasteiger charge is 2.31. The van der Waals surface area contributed by atoms with Crippen LogP contribution in [0.15, 0.2) is 30.5 Å². The number of rotatable bonds is 11. The monoisotopic (exact) mass is 489 g/mol. The molecule has 34 heavy (non-hydrogen) atoms. The summed E-state index contributed by atoms with van der Waals surface area (Å²) in [5, 5.41) is 23.9. The van der Waals surface area contributed by atoms with Crippen molar-refractivity contribution in [2.45, 2.75) is 68.7 Å². The van der Waals surface area contributed by atoms with Gasteiger partial charge in [-0.1, -0.05) is 50.3 Å². The van der Waals surface area contributed by atoms with Gasteiger partial charge in [-0.2, -0.15) is 12.6 Å². The van der Waals surface area contributed by atoms with Crippen molar-refractivity contribution in [3.8, 4) is 0 Å². The van der Waals surface area contributed by atoms with E-state index in [0.717, 1.165) is 36.6 Å². The van der Waals surface area contributed by atoms with Crippen LogP contribution in [-0.2, 0) is 25.6 Å². The van der Waals surface area contributed by atoms with Gasteiger partial charge in [-0.05, 0) is 24.0 Å². The molecule has 10 heteroatoms. The number of carboxylic acid groups (broad SMARTS) is 2. The first-order chi connectivity index (χ1) is 16.2. The van der Waals surface area contributed by atoms with Crippen LogP contribution in [0.1, 0.15) is 50.5 Å². The highest BCUT2D eigenvalue weighted by atomic mass is 32.1. The number of hydrogen-bond acceptors (Lipinski definition) is 5. The van der Waals surface area contributed by atoms with Gasteiger partial charge in [-0.25, -0.2) is 4.79 Å². The van der Waals surface area contributed by atoms with Gasteiger partial charge in [0, 0.05) is 23.5 Å². The number of para-hydroxylation sites is 1. The zero-order valence-electron chi connectivity index (χ0n) is 18.8. The molecular formula is C24H31N3O6S. The fourth-order valence-electron chi connectivity index (χ4n) is 4.49. The lowest BCUT2D eigenvalue weighted by molar-refractivity contribution is -0.143. The third-order valence-electron chi connectivity index (χ3n) is 6.31. The number of H-pyrrole nitrogens is 1. The summed E-state index contributed by atoms with van der Waals surface area (Å²) in [6.45, 7) is 0. The van der Waals surface area contributed by atoms with Crippen LogP contribution in [0.4, 0.5) is 0 Å². The molecule has 2 amide bonds. The predicted octanol–water partition coefficient (Wildman–Crippen LogP) is 2.51. The van der Waals surface area contributed by atoms with Crippen molar-refractivity contribution in [1.82, 2.24) is 15.6 Å². The van der Waals surface area contributed by atoms with Crippen molar-refractivity contribution in [1.29, 1.82) is 0 Å². The Hall–Kier alpha value is -3.01. The molecular weight excluding hydrogens is 458 g/mol. The third kappa shape index (κ3) is 6.99. The van der Waals surface area contributed by atoms with Crippen LogP contribution < -0.4 is 10.6 Å². The van der Waals surface area contributed by atoms with Gasteiger partial charge >= 0.3 is 11.9 Å². The van der Waals surface area contributed by atoms with Crippen LogP contribution in [0.2, 0.25) is 0 Å². The van der Waals surface area contributed by atoms with E-state index < -0.39 is 47.5 Å². The molecule has 1 aliphatic rings. The molecule has 0 bridgehead atoms. The van der Waals surface area contributed by atoms with E-state index in [1.165, 1.54) is 6.42 Å². The van der Waals surface area contributed by atoms with Crippen molar-refractivity contribution < 1.29 is 29.4 Å². The summed E-state index contributed by atoms with van der Waals surface area (Å²) in [5.41, 5.74) is 1.53. The van der Waals surface area contributed by atoms with Crippen molar-refractivity contribution >= 4 is 47.3 Å². The van der Waals surface area contributed by atoms with Crippen molar-refractivity contribution in [2.24, 2.45) is 5.92 Å². The zero-order chi connectivity index (χ0) is 24.7. The third-order valence-corrected chi connectivity index (χ3v) is 6.75. The molecule has 1 heterocycles. The molecule has 1 aliphatic carbocycles. The number of carboxylic acids is 2. The van der Waals surface area contributed by atoms with Crippen LogP contribution in [0, 0.1) is 5.92 Å². The Morgan fingerprint density at radius 2 is 1.68 bits per heavy atom. The summed E-state index contributed by atoms with van der Waals surface area (Å²) in [6, 6.07) is 4.67. The first-order valence-electron chi connectivity index (χ1n) is 11.5. The normalized spacial score (nSPS) is 17.0. The van der Waals surface area contributed by atoms with Crippen LogP contribution in [0.25, 0.3) is 10.9 Å². The Kier molecular flexibility index (Phi) is 8.98. The maximum Gasteiger partial charge on any atom is 0.326 e. The van der Waals surface area contributed by atoms with Crippen LogP contribution in [0.3, 0.4) is 0 Å². The van der Waals surface area contributed by atoms with Crippen molar-refractivity contribution in [3.05, 3.63) is 36.0 Å². The number of carbonyl (C=O) groups is 4. The molecule has 1 fully saturated rings. The lowest BCUT2D eigenvalue weighted by Gasteiger charge is -2.25. The molecule has 184 valence electrons. The highest BCUT2D eigenvalue weighted by molar-refractivity contribution is 7.81. The van der Waals surface area contributed by atoms with Gasteiger partial charge in [0.25, 0.3) is 0 Å². The predicted molar refractivity (Wildman–Crippen MR) is 130 cm³/mol. The summed E-state index contributed by atoms with van der Waals surface area (Å²) in [4.78, 5) is 51.7. The van der Waals surface area contributed by atoms with Crippen LogP contribution in [0.5, 0.6) is 0 Å². The highest BCUT2D eigenvalue weighted by Crippen LogP contribution is 2.28. The smallest absolute Gasteiger partial charge is 0.326 e. The molecule has 3 atom stereocenters. The fourth-order valence-corrected chi connectivity index (χ4v) is 4.86. The number of carbonyl (C=O) groups excluding carboxylic acids is 2. The van der Waals surface area contributed by atoms with Gasteiger partial charge in [-0.15, -0.1) is 0 Å². The van der Waals surface area contributed by atoms with Crippen LogP contribution in [-0.4, -0.2) is 56.3 Å². The van der Waals surface area contributed by atoms with E-state index in [4.69, 9.17) is 0 Å². The van der Waals surface area contributed by atoms with Crippen molar-refractivity contribution in [2.75, 3.05) is 0 Å². The second-order valence-electron chi connectivity index (χ2n) is 8.88. The van der Waals surface area contributed by atoms with Gasteiger partial charge in [0.2, 0.25) is 11.8 Å². The Balaban J connectivity index is 1.65. The zero-order valence-corrected chi connectivity index (χ0v) is 19.7. The lowest BCUT2D eigenvalue weighted by Crippen LogP contribution is -2.54. The van der Waals surface area contributed by atoms with Gasteiger partial charge in [0.05, 0.1) is 11.7 Å². The first kappa shape index (κ1) is 25.6. The number of amides is 2. The Morgan fingerprint density at radius 1 is 1.00 bits per heavy atom. The van der Waals surface area contributed by atoms with E-state index in [-0.39, 0.29) is 6.42 Å². The van der Waals surface area contributed by atoms with Crippen LogP contribution >= 0.6 is 12.6 Å². The quantitative estimate of drug-likeness (QED) is 0.267. The topological polar surface area (TPSA) is 149 Å². The number of thiol groups is 1. The lowest BCUT2D eigenvalue weighted by atomic mass is 9.86. The van der Waals surface area contributed by atoms with E-state index >= 15 is 0 Å². The molecule has 5 N–H and O–H groups in total. The van der Waals surface area contributed by atoms with E-state index in [9.17, 15) is 29.4 Å². The van der Waals surface area contributed by atoms with E-state index in [1.54, 1.807) is 6.20 Å². The second kappa shape index (κ2) is 11.9. The molecule has 0 spiro atoms. The first-order valence-corrected chi connectivity index (χ1v) is 12.0. The summed E-state index contributed by atoms with van der Waals surface area (Å²) >= 11 is 4.38. The summed E-state index contributed by atoms with van der Waals surface area (Å²) in [5.74, 6) is -3.56. The van der Waals surface area contributed by atoms with Gasteiger partial charge < -0.3 is 25.8 Å². The molecule has 0 radical (unpaired) electrons. The molecule has 1 aromatic carbocycles. The number of nitrogens with one attached hydrogen (secondary N) is 3. The standard InChI is InChI=1S/C24H31N3O6S/c28-21(29)12-18(26-23(31)20(34)10-14-6-2-1-3-7-14)22(30)27-19(24(32)33)11-15-13-25-17-9-5-4-8-16(15)17/h4-5,8-9,13-14,18-20,25,34H,1-3,6-7,10-12H2,(H,26,31)(H,27,30)(H,28,29)(H,32,33)/t18?,19-,20-/m0/s1. The number of aromatic nitrogens is 1. The molecule has 1 aromatic heterocycles. The summed E-state index contributed by atoms with van der Waals surface area (Å²) in [7, 11) is 0. The van der Waals surface area contributed by atoms with E-state index in [1.807, 2.05) is 24.3 Å². The number of hydrogen-bond donors (Lipinski definition) is 6. The van der Waals surface area contributed by atoms with Gasteiger partial charge in [0.15, 0.2) is 0 Å². The Bertz CT molecular complexity index is 1030. The van der Waals surface area contributed by atoms with E-state index in [2.05, 4.69) is 28.2 Å². The number of benzene rings is 1.